The summed E-state index contributed by atoms with van der Waals surface area (Å²) < 4.78 is 0. The molecular formula is C17H24O2. The molecule has 0 saturated carbocycles. The second-order valence-electron chi connectivity index (χ2n) is 5.51. The largest absolute Gasteiger partial charge is 0.508 e. The summed E-state index contributed by atoms with van der Waals surface area (Å²) in [5.41, 5.74) is 3.02. The molecule has 0 aliphatic heterocycles. The van der Waals surface area contributed by atoms with Gasteiger partial charge in [0.25, 0.3) is 0 Å². The molecule has 0 aromatic heterocycles. The number of ketones is 1. The fourth-order valence-corrected chi connectivity index (χ4v) is 2.22. The van der Waals surface area contributed by atoms with E-state index in [2.05, 4.69) is 6.58 Å². The second kappa shape index (κ2) is 7.13. The van der Waals surface area contributed by atoms with E-state index in [1.165, 1.54) is 0 Å². The zero-order valence-electron chi connectivity index (χ0n) is 12.2. The third-order valence-corrected chi connectivity index (χ3v) is 3.31. The van der Waals surface area contributed by atoms with E-state index in [1.54, 1.807) is 6.07 Å². The first-order chi connectivity index (χ1) is 8.90. The SMILES string of the molecule is C=C(C)CC(C)C(=O)CCCc1ccc(C)cc1O. The molecule has 1 atom stereocenters. The first-order valence-electron chi connectivity index (χ1n) is 6.85. The van der Waals surface area contributed by atoms with Gasteiger partial charge in [0.2, 0.25) is 0 Å². The average Bonchev–Trinajstić information content (AvgIpc) is 2.30. The fraction of sp³-hybridized carbons (Fsp3) is 0.471. The van der Waals surface area contributed by atoms with E-state index in [0.717, 1.165) is 36.0 Å². The molecule has 0 spiro atoms. The van der Waals surface area contributed by atoms with Crippen molar-refractivity contribution in [2.45, 2.75) is 46.5 Å². The highest BCUT2D eigenvalue weighted by Crippen LogP contribution is 2.21. The van der Waals surface area contributed by atoms with Crippen molar-refractivity contribution in [3.63, 3.8) is 0 Å². The van der Waals surface area contributed by atoms with Crippen molar-refractivity contribution in [2.24, 2.45) is 5.92 Å². The normalized spacial score (nSPS) is 12.2. The molecule has 2 heteroatoms. The number of aromatic hydroxyl groups is 1. The number of allylic oxidation sites excluding steroid dienone is 1. The maximum Gasteiger partial charge on any atom is 0.136 e. The number of phenols is 1. The van der Waals surface area contributed by atoms with Crippen LogP contribution in [-0.2, 0) is 11.2 Å². The van der Waals surface area contributed by atoms with Crippen LogP contribution < -0.4 is 0 Å². The van der Waals surface area contributed by atoms with Gasteiger partial charge in [-0.05, 0) is 50.3 Å². The Morgan fingerprint density at radius 1 is 1.42 bits per heavy atom. The van der Waals surface area contributed by atoms with Gasteiger partial charge in [-0.25, -0.2) is 0 Å². The van der Waals surface area contributed by atoms with Crippen molar-refractivity contribution < 1.29 is 9.90 Å². The van der Waals surface area contributed by atoms with Gasteiger partial charge in [0, 0.05) is 12.3 Å². The van der Waals surface area contributed by atoms with Gasteiger partial charge in [-0.2, -0.15) is 0 Å². The van der Waals surface area contributed by atoms with Gasteiger partial charge in [-0.1, -0.05) is 24.6 Å². The van der Waals surface area contributed by atoms with Gasteiger partial charge in [0.05, 0.1) is 0 Å². The Hall–Kier alpha value is -1.57. The van der Waals surface area contributed by atoms with Crippen molar-refractivity contribution in [3.05, 3.63) is 41.5 Å². The van der Waals surface area contributed by atoms with E-state index < -0.39 is 0 Å². The monoisotopic (exact) mass is 260 g/mol. The number of Topliss-reactive ketones (excluding diaryl/α,β-unsaturated/α-hetero) is 1. The minimum Gasteiger partial charge on any atom is -0.508 e. The molecule has 1 N–H and O–H groups in total. The third kappa shape index (κ3) is 5.29. The summed E-state index contributed by atoms with van der Waals surface area (Å²) in [6, 6.07) is 5.69. The van der Waals surface area contributed by atoms with Crippen LogP contribution in [0.15, 0.2) is 30.4 Å². The highest BCUT2D eigenvalue weighted by atomic mass is 16.3. The summed E-state index contributed by atoms with van der Waals surface area (Å²) in [6.07, 6.45) is 2.88. The van der Waals surface area contributed by atoms with Crippen LogP contribution in [0.5, 0.6) is 5.75 Å². The average molecular weight is 260 g/mol. The molecule has 104 valence electrons. The molecule has 1 aromatic carbocycles. The van der Waals surface area contributed by atoms with Crippen LogP contribution in [0, 0.1) is 12.8 Å². The number of benzene rings is 1. The zero-order valence-corrected chi connectivity index (χ0v) is 12.2. The number of phenolic OH excluding ortho intramolecular Hbond substituents is 1. The molecule has 0 fully saturated rings. The molecule has 0 radical (unpaired) electrons. The standard InChI is InChI=1S/C17H24O2/c1-12(2)10-14(4)16(18)7-5-6-15-9-8-13(3)11-17(15)19/h8-9,11,14,19H,1,5-7,10H2,2-4H3. The number of hydrogen-bond acceptors (Lipinski definition) is 2. The summed E-state index contributed by atoms with van der Waals surface area (Å²) in [7, 11) is 0. The molecule has 0 heterocycles. The number of hydrogen-bond donors (Lipinski definition) is 1. The smallest absolute Gasteiger partial charge is 0.136 e. The summed E-state index contributed by atoms with van der Waals surface area (Å²) in [6.45, 7) is 9.70. The summed E-state index contributed by atoms with van der Waals surface area (Å²) in [4.78, 5) is 11.9. The van der Waals surface area contributed by atoms with Crippen molar-refractivity contribution in [3.8, 4) is 5.75 Å². The molecule has 1 rings (SSSR count). The molecule has 0 aliphatic rings. The molecule has 0 bridgehead atoms. The van der Waals surface area contributed by atoms with Crippen molar-refractivity contribution in [1.29, 1.82) is 0 Å². The van der Waals surface area contributed by atoms with Crippen LogP contribution in [0.4, 0.5) is 0 Å². The summed E-state index contributed by atoms with van der Waals surface area (Å²) in [5.74, 6) is 0.682. The number of rotatable bonds is 7. The molecule has 1 aromatic rings. The van der Waals surface area contributed by atoms with Gasteiger partial charge in [0.15, 0.2) is 0 Å². The molecule has 0 saturated heterocycles. The van der Waals surface area contributed by atoms with E-state index in [0.29, 0.717) is 12.2 Å². The van der Waals surface area contributed by atoms with Crippen molar-refractivity contribution in [2.75, 3.05) is 0 Å². The first kappa shape index (κ1) is 15.5. The molecule has 0 amide bonds. The number of carbonyl (C=O) groups excluding carboxylic acids is 1. The van der Waals surface area contributed by atoms with Gasteiger partial charge < -0.3 is 5.11 Å². The van der Waals surface area contributed by atoms with Crippen LogP contribution in [0.25, 0.3) is 0 Å². The molecular weight excluding hydrogens is 236 g/mol. The quantitative estimate of drug-likeness (QED) is 0.746. The lowest BCUT2D eigenvalue weighted by molar-refractivity contribution is -0.122. The predicted octanol–water partition coefficient (Wildman–Crippen LogP) is 4.19. The van der Waals surface area contributed by atoms with Gasteiger partial charge in [-0.15, -0.1) is 6.58 Å². The van der Waals surface area contributed by atoms with Crippen LogP contribution >= 0.6 is 0 Å². The molecule has 0 aliphatic carbocycles. The lowest BCUT2D eigenvalue weighted by atomic mass is 9.94. The fourth-order valence-electron chi connectivity index (χ4n) is 2.22. The van der Waals surface area contributed by atoms with E-state index in [4.69, 9.17) is 0 Å². The van der Waals surface area contributed by atoms with Gasteiger partial charge in [-0.3, -0.25) is 4.79 Å². The van der Waals surface area contributed by atoms with Crippen LogP contribution in [-0.4, -0.2) is 10.9 Å². The van der Waals surface area contributed by atoms with Gasteiger partial charge in [0.1, 0.15) is 11.5 Å². The minimum atomic E-state index is 0.0594. The number of carbonyl (C=O) groups is 1. The Morgan fingerprint density at radius 3 is 2.68 bits per heavy atom. The third-order valence-electron chi connectivity index (χ3n) is 3.31. The highest BCUT2D eigenvalue weighted by Gasteiger charge is 2.12. The van der Waals surface area contributed by atoms with Crippen molar-refractivity contribution in [1.82, 2.24) is 0 Å². The van der Waals surface area contributed by atoms with E-state index in [1.807, 2.05) is 32.9 Å². The summed E-state index contributed by atoms with van der Waals surface area (Å²) in [5, 5.41) is 9.79. The number of aryl methyl sites for hydroxylation is 2. The first-order valence-corrected chi connectivity index (χ1v) is 6.85. The molecule has 2 nitrogen and oxygen atoms in total. The predicted molar refractivity (Wildman–Crippen MR) is 79.4 cm³/mol. The Bertz CT molecular complexity index is 460. The van der Waals surface area contributed by atoms with Crippen molar-refractivity contribution >= 4 is 5.78 Å². The second-order valence-corrected chi connectivity index (χ2v) is 5.51. The topological polar surface area (TPSA) is 37.3 Å². The maximum absolute atomic E-state index is 11.9. The van der Waals surface area contributed by atoms with E-state index >= 15 is 0 Å². The lowest BCUT2D eigenvalue weighted by Crippen LogP contribution is -2.11. The molecule has 1 unspecified atom stereocenters. The Morgan fingerprint density at radius 2 is 2.11 bits per heavy atom. The minimum absolute atomic E-state index is 0.0594. The van der Waals surface area contributed by atoms with Crippen LogP contribution in [0.2, 0.25) is 0 Å². The Labute approximate surface area is 116 Å². The Balaban J connectivity index is 2.41. The zero-order chi connectivity index (χ0) is 14.4. The van der Waals surface area contributed by atoms with Crippen LogP contribution in [0.3, 0.4) is 0 Å². The van der Waals surface area contributed by atoms with Crippen LogP contribution in [0.1, 0.15) is 44.2 Å². The lowest BCUT2D eigenvalue weighted by Gasteiger charge is -2.10. The van der Waals surface area contributed by atoms with E-state index in [-0.39, 0.29) is 11.7 Å². The summed E-state index contributed by atoms with van der Waals surface area (Å²) >= 11 is 0. The maximum atomic E-state index is 11.9. The molecule has 19 heavy (non-hydrogen) atoms. The van der Waals surface area contributed by atoms with E-state index in [9.17, 15) is 9.90 Å². The Kier molecular flexibility index (Phi) is 5.81. The van der Waals surface area contributed by atoms with Gasteiger partial charge >= 0.3 is 0 Å². The highest BCUT2D eigenvalue weighted by molar-refractivity contribution is 5.80.